The minimum Gasteiger partial charge on any atom is -0.744 e. The number of aromatic nitrogens is 3. The van der Waals surface area contributed by atoms with E-state index in [9.17, 15) is 31.0 Å². The van der Waals surface area contributed by atoms with E-state index in [2.05, 4.69) is 30.5 Å². The number of ether oxygens (including phenoxy) is 1. The summed E-state index contributed by atoms with van der Waals surface area (Å²) in [6.07, 6.45) is 0. The van der Waals surface area contributed by atoms with Crippen molar-refractivity contribution in [2.75, 3.05) is 12.4 Å². The smallest absolute Gasteiger partial charge is 0.744 e. The number of hydrogen-bond acceptors (Lipinski definition) is 14. The van der Waals surface area contributed by atoms with Crippen LogP contribution >= 0.6 is 23.2 Å². The average Bonchev–Trinajstić information content (AvgIpc) is 2.85. The van der Waals surface area contributed by atoms with E-state index >= 15 is 0 Å². The Bertz CT molecular complexity index is 1840. The molecule has 4 rings (SSSR count). The first-order valence-electron chi connectivity index (χ1n) is 10.4. The Morgan fingerprint density at radius 1 is 0.902 bits per heavy atom. The molecule has 3 aromatic carbocycles. The summed E-state index contributed by atoms with van der Waals surface area (Å²) in [5.41, 5.74) is -0.846. The Balaban J connectivity index is 0.00000294. The molecule has 0 aliphatic heterocycles. The van der Waals surface area contributed by atoms with Crippen LogP contribution in [0.3, 0.4) is 0 Å². The first kappa shape index (κ1) is 35.5. The number of hydrogen-bond donors (Lipinski definition) is 2. The fourth-order valence-electron chi connectivity index (χ4n) is 3.37. The van der Waals surface area contributed by atoms with Crippen molar-refractivity contribution in [3.8, 4) is 11.5 Å². The molecule has 0 spiro atoms. The predicted octanol–water partition coefficient (Wildman–Crippen LogP) is -2.11. The maximum absolute atomic E-state index is 12.0. The van der Waals surface area contributed by atoms with Crippen molar-refractivity contribution in [2.24, 2.45) is 10.2 Å². The van der Waals surface area contributed by atoms with Gasteiger partial charge in [0, 0.05) is 11.1 Å². The van der Waals surface area contributed by atoms with E-state index in [1.165, 1.54) is 31.4 Å². The summed E-state index contributed by atoms with van der Waals surface area (Å²) >= 11 is 11.5. The molecule has 0 amide bonds. The van der Waals surface area contributed by atoms with Crippen LogP contribution in [0.15, 0.2) is 62.5 Å². The molecule has 41 heavy (non-hydrogen) atoms. The number of phenols is 1. The zero-order valence-corrected chi connectivity index (χ0v) is 28.5. The second kappa shape index (κ2) is 14.2. The Kier molecular flexibility index (Phi) is 12.3. The van der Waals surface area contributed by atoms with Gasteiger partial charge in [-0.2, -0.15) is 4.98 Å². The number of nitrogens with one attached hydrogen (secondary N) is 1. The molecule has 20 heteroatoms. The summed E-state index contributed by atoms with van der Waals surface area (Å²) in [7, 11) is -9.01. The van der Waals surface area contributed by atoms with Gasteiger partial charge in [0.15, 0.2) is 11.6 Å². The molecule has 0 bridgehead atoms. The van der Waals surface area contributed by atoms with Crippen molar-refractivity contribution in [1.29, 1.82) is 0 Å². The van der Waals surface area contributed by atoms with E-state index in [1.54, 1.807) is 0 Å². The van der Waals surface area contributed by atoms with Gasteiger partial charge >= 0.3 is 59.1 Å². The monoisotopic (exact) mass is 658 g/mol. The third kappa shape index (κ3) is 8.68. The van der Waals surface area contributed by atoms with Crippen molar-refractivity contribution in [2.45, 2.75) is 16.3 Å². The Hall–Kier alpha value is -1.67. The standard InChI is InChI=1S/C21H16Cl2N6O8S2.2Na/c1-37-12-4-5-14(15(8-12)38(31,32)33)28-29-18-16(39(34,35)36)6-10-2-3-11(7-13(10)19(18)30)24-9-17-25-20(22)27-21(23)26-17;;/h2-8,24,30H,9H2,1H3,(H,31,32,33)(H,34,35,36);;/q;2*+1/p-2. The fourth-order valence-corrected chi connectivity index (χ4v) is 5.04. The number of anilines is 1. The molecule has 2 N–H and O–H groups in total. The topological polar surface area (TPSA) is 219 Å². The molecular formula is C21H14Cl2N6Na2O8S2. The molecule has 4 aromatic rings. The van der Waals surface area contributed by atoms with Crippen LogP contribution in [0.5, 0.6) is 11.5 Å². The summed E-state index contributed by atoms with van der Waals surface area (Å²) in [4.78, 5) is 9.73. The number of halogens is 2. The van der Waals surface area contributed by atoms with Gasteiger partial charge in [0.2, 0.25) is 10.6 Å². The molecule has 1 aromatic heterocycles. The summed E-state index contributed by atoms with van der Waals surface area (Å²) < 4.78 is 75.9. The molecule has 204 valence electrons. The second-order valence-electron chi connectivity index (χ2n) is 7.59. The van der Waals surface area contributed by atoms with Gasteiger partial charge in [-0.25, -0.2) is 26.8 Å². The molecule has 0 saturated carbocycles. The SMILES string of the molecule is COc1ccc(N=Nc2c(S(=O)(=O)[O-])cc3ccc(NCc4nc(Cl)nc(Cl)n4)cc3c2O)c(S(=O)(=O)[O-])c1.[Na+].[Na+]. The number of nitrogens with zero attached hydrogens (tertiary/aromatic N) is 5. The number of azo groups is 1. The van der Waals surface area contributed by atoms with Gasteiger partial charge in [0.1, 0.15) is 37.4 Å². The van der Waals surface area contributed by atoms with Crippen molar-refractivity contribution < 1.29 is 94.9 Å². The van der Waals surface area contributed by atoms with Crippen molar-refractivity contribution >= 4 is 71.3 Å². The Morgan fingerprint density at radius 2 is 1.54 bits per heavy atom. The van der Waals surface area contributed by atoms with Crippen LogP contribution < -0.4 is 69.2 Å². The predicted molar refractivity (Wildman–Crippen MR) is 136 cm³/mol. The molecule has 0 fully saturated rings. The van der Waals surface area contributed by atoms with Crippen LogP contribution in [0.1, 0.15) is 5.82 Å². The van der Waals surface area contributed by atoms with Gasteiger partial charge in [-0.1, -0.05) is 6.07 Å². The quantitative estimate of drug-likeness (QED) is 0.118. The molecule has 14 nitrogen and oxygen atoms in total. The molecular weight excluding hydrogens is 645 g/mol. The minimum absolute atomic E-state index is 0. The van der Waals surface area contributed by atoms with Gasteiger partial charge in [-0.3, -0.25) is 0 Å². The van der Waals surface area contributed by atoms with Crippen LogP contribution in [-0.4, -0.2) is 53.1 Å². The molecule has 0 atom stereocenters. The van der Waals surface area contributed by atoms with Crippen molar-refractivity contribution in [1.82, 2.24) is 15.0 Å². The Labute approximate surface area is 287 Å². The van der Waals surface area contributed by atoms with Crippen LogP contribution in [0.25, 0.3) is 10.8 Å². The van der Waals surface area contributed by atoms with Gasteiger partial charge in [-0.05, 0) is 65.0 Å². The molecule has 1 heterocycles. The van der Waals surface area contributed by atoms with E-state index in [0.29, 0.717) is 5.69 Å². The van der Waals surface area contributed by atoms with Crippen molar-refractivity contribution in [3.05, 3.63) is 58.9 Å². The van der Waals surface area contributed by atoms with Gasteiger partial charge < -0.3 is 24.3 Å². The summed E-state index contributed by atoms with van der Waals surface area (Å²) in [6, 6.07) is 8.59. The number of phenolic OH excluding ortho intramolecular Hbond substituents is 1. The first-order valence-corrected chi connectivity index (χ1v) is 13.9. The molecule has 0 saturated heterocycles. The van der Waals surface area contributed by atoms with Gasteiger partial charge in [0.25, 0.3) is 0 Å². The summed E-state index contributed by atoms with van der Waals surface area (Å²) in [6.45, 7) is 0.0394. The van der Waals surface area contributed by atoms with E-state index in [-0.39, 0.29) is 98.6 Å². The third-order valence-corrected chi connectivity index (χ3v) is 7.15. The number of benzene rings is 3. The first-order chi connectivity index (χ1) is 18.3. The van der Waals surface area contributed by atoms with Crippen LogP contribution in [-0.2, 0) is 26.8 Å². The number of aromatic hydroxyl groups is 1. The molecule has 0 unspecified atom stereocenters. The minimum atomic E-state index is -5.19. The fraction of sp³-hybridized carbons (Fsp3) is 0.0952. The second-order valence-corrected chi connectivity index (χ2v) is 11.0. The summed E-state index contributed by atoms with van der Waals surface area (Å²) in [5.74, 6) is -0.516. The van der Waals surface area contributed by atoms with E-state index in [1.807, 2.05) is 0 Å². The maximum atomic E-state index is 12.0. The zero-order chi connectivity index (χ0) is 28.5. The van der Waals surface area contributed by atoms with Crippen LogP contribution in [0, 0.1) is 0 Å². The van der Waals surface area contributed by atoms with Gasteiger partial charge in [-0.15, -0.1) is 10.2 Å². The molecule has 0 aliphatic rings. The molecule has 0 radical (unpaired) electrons. The van der Waals surface area contributed by atoms with E-state index in [0.717, 1.165) is 18.2 Å². The number of methoxy groups -OCH3 is 1. The zero-order valence-electron chi connectivity index (χ0n) is 21.4. The third-order valence-electron chi connectivity index (χ3n) is 5.09. The van der Waals surface area contributed by atoms with Crippen LogP contribution in [0.4, 0.5) is 17.1 Å². The Morgan fingerprint density at radius 3 is 2.12 bits per heavy atom. The van der Waals surface area contributed by atoms with Gasteiger partial charge in [0.05, 0.1) is 23.4 Å². The molecule has 0 aliphatic carbocycles. The average molecular weight is 659 g/mol. The summed E-state index contributed by atoms with van der Waals surface area (Å²) in [5, 5.41) is 21.1. The number of rotatable bonds is 8. The van der Waals surface area contributed by atoms with E-state index < -0.39 is 47.2 Å². The normalized spacial score (nSPS) is 11.6. The largest absolute Gasteiger partial charge is 1.00 e. The number of fused-ring (bicyclic) bond motifs is 1. The van der Waals surface area contributed by atoms with Crippen LogP contribution in [0.2, 0.25) is 10.6 Å². The van der Waals surface area contributed by atoms with E-state index in [4.69, 9.17) is 27.9 Å². The van der Waals surface area contributed by atoms with Crippen molar-refractivity contribution in [3.63, 3.8) is 0 Å². The maximum Gasteiger partial charge on any atom is 1.00 e.